The van der Waals surface area contributed by atoms with E-state index in [1.807, 2.05) is 30.3 Å². The van der Waals surface area contributed by atoms with Crippen LogP contribution in [0.1, 0.15) is 17.3 Å². The summed E-state index contributed by atoms with van der Waals surface area (Å²) in [4.78, 5) is 4.39. The second-order valence-corrected chi connectivity index (χ2v) is 4.29. The monoisotopic (exact) mass is 242 g/mol. The molecule has 3 aromatic rings. The third-order valence-electron chi connectivity index (χ3n) is 2.70. The topological polar surface area (TPSA) is 64.7 Å². The smallest absolute Gasteiger partial charge is 0.0956 e. The number of aromatic nitrogens is 3. The van der Waals surface area contributed by atoms with Crippen molar-refractivity contribution in [3.63, 3.8) is 0 Å². The first-order chi connectivity index (χ1) is 8.36. The molecule has 0 amide bonds. The summed E-state index contributed by atoms with van der Waals surface area (Å²) in [5.41, 5.74) is 8.88. The Hall–Kier alpha value is -1.85. The molecule has 84 valence electrons. The maximum atomic E-state index is 6.19. The Labute approximate surface area is 102 Å². The van der Waals surface area contributed by atoms with Crippen LogP contribution in [-0.2, 0) is 0 Å². The Morgan fingerprint density at radius 3 is 2.88 bits per heavy atom. The molecule has 0 radical (unpaired) electrons. The summed E-state index contributed by atoms with van der Waals surface area (Å²) in [7, 11) is 0. The summed E-state index contributed by atoms with van der Waals surface area (Å²) in [6.07, 6.45) is 3.48. The highest BCUT2D eigenvalue weighted by molar-refractivity contribution is 6.99. The van der Waals surface area contributed by atoms with E-state index in [4.69, 9.17) is 5.73 Å². The molecule has 3 rings (SSSR count). The van der Waals surface area contributed by atoms with Gasteiger partial charge in [0, 0.05) is 17.1 Å². The Kier molecular flexibility index (Phi) is 2.55. The molecule has 0 bridgehead atoms. The fraction of sp³-hybridized carbons (Fsp3) is 0.0833. The van der Waals surface area contributed by atoms with Gasteiger partial charge in [-0.1, -0.05) is 24.3 Å². The van der Waals surface area contributed by atoms with E-state index in [1.54, 1.807) is 12.4 Å². The van der Waals surface area contributed by atoms with E-state index >= 15 is 0 Å². The Morgan fingerprint density at radius 2 is 2.06 bits per heavy atom. The lowest BCUT2D eigenvalue weighted by Gasteiger charge is -2.11. The van der Waals surface area contributed by atoms with Crippen LogP contribution in [-0.4, -0.2) is 13.7 Å². The highest BCUT2D eigenvalue weighted by atomic mass is 32.1. The first-order valence-corrected chi connectivity index (χ1v) is 5.96. The largest absolute Gasteiger partial charge is 0.319 e. The molecule has 0 fully saturated rings. The van der Waals surface area contributed by atoms with Crippen molar-refractivity contribution in [1.29, 1.82) is 0 Å². The van der Waals surface area contributed by atoms with E-state index in [9.17, 15) is 0 Å². The number of rotatable bonds is 2. The molecule has 2 heterocycles. The van der Waals surface area contributed by atoms with Gasteiger partial charge in [-0.3, -0.25) is 4.98 Å². The van der Waals surface area contributed by atoms with Crippen molar-refractivity contribution in [3.05, 3.63) is 54.0 Å². The molecule has 1 atom stereocenters. The molecule has 1 aromatic carbocycles. The zero-order valence-electron chi connectivity index (χ0n) is 8.95. The van der Waals surface area contributed by atoms with Crippen LogP contribution in [0.4, 0.5) is 0 Å². The van der Waals surface area contributed by atoms with Gasteiger partial charge in [0.2, 0.25) is 0 Å². The van der Waals surface area contributed by atoms with Gasteiger partial charge in [-0.2, -0.15) is 8.75 Å². The summed E-state index contributed by atoms with van der Waals surface area (Å²) in [5, 5.41) is 1.09. The summed E-state index contributed by atoms with van der Waals surface area (Å²) in [5.74, 6) is 0. The predicted octanol–water partition coefficient (Wildman–Crippen LogP) is 2.13. The number of nitrogens with zero attached hydrogens (tertiary/aromatic N) is 3. The summed E-state index contributed by atoms with van der Waals surface area (Å²) in [6.45, 7) is 0. The van der Waals surface area contributed by atoms with E-state index in [0.717, 1.165) is 22.2 Å². The third-order valence-corrected chi connectivity index (χ3v) is 3.19. The van der Waals surface area contributed by atoms with Gasteiger partial charge in [-0.15, -0.1) is 0 Å². The van der Waals surface area contributed by atoms with Gasteiger partial charge in [0.05, 0.1) is 35.2 Å². The average Bonchev–Trinajstić information content (AvgIpc) is 2.91. The van der Waals surface area contributed by atoms with Crippen molar-refractivity contribution >= 4 is 22.6 Å². The van der Waals surface area contributed by atoms with E-state index < -0.39 is 0 Å². The number of pyridine rings is 1. The van der Waals surface area contributed by atoms with Gasteiger partial charge in [-0.25, -0.2) is 0 Å². The van der Waals surface area contributed by atoms with Crippen molar-refractivity contribution in [2.75, 3.05) is 0 Å². The van der Waals surface area contributed by atoms with Gasteiger partial charge in [0.15, 0.2) is 0 Å². The molecular weight excluding hydrogens is 232 g/mol. The Morgan fingerprint density at radius 1 is 1.18 bits per heavy atom. The van der Waals surface area contributed by atoms with Crippen molar-refractivity contribution in [2.24, 2.45) is 5.73 Å². The summed E-state index contributed by atoms with van der Waals surface area (Å²) < 4.78 is 8.16. The fourth-order valence-electron chi connectivity index (χ4n) is 1.85. The van der Waals surface area contributed by atoms with Crippen LogP contribution < -0.4 is 5.73 Å². The number of fused-ring (bicyclic) bond motifs is 1. The molecule has 0 saturated heterocycles. The highest BCUT2D eigenvalue weighted by Crippen LogP contribution is 2.24. The zero-order valence-corrected chi connectivity index (χ0v) is 9.76. The van der Waals surface area contributed by atoms with Gasteiger partial charge in [0.1, 0.15) is 0 Å². The molecule has 0 aliphatic carbocycles. The molecular formula is C12H10N4S. The first-order valence-electron chi connectivity index (χ1n) is 5.23. The van der Waals surface area contributed by atoms with Crippen LogP contribution in [0.25, 0.3) is 10.9 Å². The molecule has 2 N–H and O–H groups in total. The number of benzene rings is 1. The second-order valence-electron chi connectivity index (χ2n) is 3.73. The van der Waals surface area contributed by atoms with E-state index in [1.165, 1.54) is 11.7 Å². The maximum Gasteiger partial charge on any atom is 0.0956 e. The summed E-state index contributed by atoms with van der Waals surface area (Å²) >= 11 is 1.17. The first kappa shape index (κ1) is 10.3. The minimum absolute atomic E-state index is 0.271. The minimum Gasteiger partial charge on any atom is -0.319 e. The number of hydrogen-bond acceptors (Lipinski definition) is 5. The van der Waals surface area contributed by atoms with E-state index in [-0.39, 0.29) is 6.04 Å². The molecule has 4 nitrogen and oxygen atoms in total. The van der Waals surface area contributed by atoms with Crippen molar-refractivity contribution < 1.29 is 0 Å². The molecule has 0 spiro atoms. The van der Waals surface area contributed by atoms with Crippen LogP contribution >= 0.6 is 11.7 Å². The molecule has 5 heteroatoms. The quantitative estimate of drug-likeness (QED) is 0.747. The van der Waals surface area contributed by atoms with Crippen molar-refractivity contribution in [3.8, 4) is 0 Å². The Balaban J connectivity index is 2.17. The van der Waals surface area contributed by atoms with Crippen LogP contribution in [0.2, 0.25) is 0 Å². The molecule has 0 aliphatic heterocycles. The lowest BCUT2D eigenvalue weighted by atomic mass is 10.0. The normalized spacial score (nSPS) is 12.8. The van der Waals surface area contributed by atoms with Crippen LogP contribution in [0.15, 0.2) is 42.7 Å². The average molecular weight is 242 g/mol. The molecule has 2 aromatic heterocycles. The molecule has 0 aliphatic rings. The standard InChI is InChI=1S/C12H10N4S/c13-11(10-7-15-17-16-10)9-5-1-3-8-4-2-6-14-12(8)9/h1-7,11H,13H2. The van der Waals surface area contributed by atoms with Crippen LogP contribution in [0, 0.1) is 0 Å². The van der Waals surface area contributed by atoms with Crippen molar-refractivity contribution in [1.82, 2.24) is 13.7 Å². The highest BCUT2D eigenvalue weighted by Gasteiger charge is 2.14. The zero-order chi connectivity index (χ0) is 11.7. The number of hydrogen-bond donors (Lipinski definition) is 1. The lowest BCUT2D eigenvalue weighted by Crippen LogP contribution is -2.12. The minimum atomic E-state index is -0.271. The van der Waals surface area contributed by atoms with Crippen LogP contribution in [0.5, 0.6) is 0 Å². The van der Waals surface area contributed by atoms with Gasteiger partial charge in [0.25, 0.3) is 0 Å². The molecule has 17 heavy (non-hydrogen) atoms. The third kappa shape index (κ3) is 1.79. The van der Waals surface area contributed by atoms with Crippen molar-refractivity contribution in [2.45, 2.75) is 6.04 Å². The van der Waals surface area contributed by atoms with Gasteiger partial charge in [-0.05, 0) is 6.07 Å². The van der Waals surface area contributed by atoms with Gasteiger partial charge < -0.3 is 5.73 Å². The summed E-state index contributed by atoms with van der Waals surface area (Å²) in [6, 6.07) is 9.67. The van der Waals surface area contributed by atoms with Crippen LogP contribution in [0.3, 0.4) is 0 Å². The van der Waals surface area contributed by atoms with E-state index in [2.05, 4.69) is 13.7 Å². The maximum absolute atomic E-state index is 6.19. The molecule has 1 unspecified atom stereocenters. The molecule has 0 saturated carbocycles. The number of nitrogens with two attached hydrogens (primary N) is 1. The SMILES string of the molecule is NC(c1cnsn1)c1cccc2cccnc12. The second kappa shape index (κ2) is 4.20. The lowest BCUT2D eigenvalue weighted by molar-refractivity contribution is 0.849. The van der Waals surface area contributed by atoms with Gasteiger partial charge >= 0.3 is 0 Å². The van der Waals surface area contributed by atoms with E-state index in [0.29, 0.717) is 0 Å². The fourth-order valence-corrected chi connectivity index (χ4v) is 2.30. The Bertz CT molecular complexity index is 631. The number of para-hydroxylation sites is 1. The predicted molar refractivity (Wildman–Crippen MR) is 67.7 cm³/mol.